The van der Waals surface area contributed by atoms with Crippen LogP contribution in [0.5, 0.6) is 0 Å². The Morgan fingerprint density at radius 2 is 1.70 bits per heavy atom. The third kappa shape index (κ3) is 4.34. The Bertz CT molecular complexity index is 743. The minimum Gasteiger partial charge on any atom is -0.311 e. The first-order chi connectivity index (χ1) is 11.0. The highest BCUT2D eigenvalue weighted by Crippen LogP contribution is 2.14. The average molecular weight is 314 g/mol. The number of anilines is 2. The number of aromatic nitrogens is 1. The highest BCUT2D eigenvalue weighted by Gasteiger charge is 2.10. The zero-order chi connectivity index (χ0) is 16.8. The molecule has 0 saturated heterocycles. The lowest BCUT2D eigenvalue weighted by Gasteiger charge is -2.07. The molecule has 2 rings (SSSR count). The van der Waals surface area contributed by atoms with Gasteiger partial charge in [0.25, 0.3) is 11.6 Å². The van der Waals surface area contributed by atoms with Gasteiger partial charge in [-0.3, -0.25) is 19.7 Å². The van der Waals surface area contributed by atoms with Crippen molar-refractivity contribution in [3.05, 3.63) is 58.1 Å². The van der Waals surface area contributed by atoms with Gasteiger partial charge in [-0.15, -0.1) is 0 Å². The standard InChI is InChI=1S/C15H14N4O4/c1-2-14(20)17-12-4-3-5-13(16-12)18-15(21)10-6-8-11(9-7-10)19(22)23/h3-9H,2H2,1H3,(H2,16,17,18,20,21). The largest absolute Gasteiger partial charge is 0.311 e. The fraction of sp³-hybridized carbons (Fsp3) is 0.133. The number of nitrogens with one attached hydrogen (secondary N) is 2. The van der Waals surface area contributed by atoms with Gasteiger partial charge in [0, 0.05) is 24.1 Å². The molecule has 118 valence electrons. The van der Waals surface area contributed by atoms with Crippen LogP contribution in [0.15, 0.2) is 42.5 Å². The first-order valence-electron chi connectivity index (χ1n) is 6.82. The Morgan fingerprint density at radius 3 is 2.26 bits per heavy atom. The van der Waals surface area contributed by atoms with Crippen LogP contribution in [0.25, 0.3) is 0 Å². The molecule has 1 aromatic carbocycles. The lowest BCUT2D eigenvalue weighted by atomic mass is 10.2. The number of hydrogen-bond donors (Lipinski definition) is 2. The van der Waals surface area contributed by atoms with Gasteiger partial charge in [-0.25, -0.2) is 4.98 Å². The fourth-order valence-corrected chi connectivity index (χ4v) is 1.73. The molecule has 0 saturated carbocycles. The van der Waals surface area contributed by atoms with E-state index < -0.39 is 10.8 Å². The predicted octanol–water partition coefficient (Wildman–Crippen LogP) is 2.59. The molecule has 1 heterocycles. The van der Waals surface area contributed by atoms with Crippen molar-refractivity contribution in [2.45, 2.75) is 13.3 Å². The first-order valence-corrected chi connectivity index (χ1v) is 6.82. The van der Waals surface area contributed by atoms with Crippen LogP contribution < -0.4 is 10.6 Å². The van der Waals surface area contributed by atoms with Gasteiger partial charge in [0.1, 0.15) is 11.6 Å². The number of carbonyl (C=O) groups excluding carboxylic acids is 2. The second-order valence-electron chi connectivity index (χ2n) is 4.57. The summed E-state index contributed by atoms with van der Waals surface area (Å²) in [6.07, 6.45) is 0.320. The summed E-state index contributed by atoms with van der Waals surface area (Å²) in [5.41, 5.74) is 0.171. The molecular formula is C15H14N4O4. The molecule has 0 aliphatic rings. The number of hydrogen-bond acceptors (Lipinski definition) is 5. The molecule has 23 heavy (non-hydrogen) atoms. The molecule has 0 aliphatic carbocycles. The molecular weight excluding hydrogens is 300 g/mol. The van der Waals surface area contributed by atoms with Crippen molar-refractivity contribution >= 4 is 29.1 Å². The minimum atomic E-state index is -0.539. The number of benzene rings is 1. The first kappa shape index (κ1) is 16.1. The maximum atomic E-state index is 12.1. The van der Waals surface area contributed by atoms with E-state index in [4.69, 9.17) is 0 Å². The lowest BCUT2D eigenvalue weighted by Crippen LogP contribution is -2.15. The summed E-state index contributed by atoms with van der Waals surface area (Å²) in [7, 11) is 0. The van der Waals surface area contributed by atoms with Gasteiger partial charge in [0.2, 0.25) is 5.91 Å². The van der Waals surface area contributed by atoms with E-state index in [9.17, 15) is 19.7 Å². The molecule has 0 fully saturated rings. The summed E-state index contributed by atoms with van der Waals surface area (Å²) in [6.45, 7) is 1.72. The van der Waals surface area contributed by atoms with Gasteiger partial charge in [0.15, 0.2) is 0 Å². The number of nitro benzene ring substituents is 1. The number of nitrogens with zero attached hydrogens (tertiary/aromatic N) is 2. The molecule has 8 nitrogen and oxygen atoms in total. The van der Waals surface area contributed by atoms with E-state index in [2.05, 4.69) is 15.6 Å². The predicted molar refractivity (Wildman–Crippen MR) is 84.2 cm³/mol. The Kier molecular flexibility index (Phi) is 4.98. The van der Waals surface area contributed by atoms with Crippen molar-refractivity contribution in [2.24, 2.45) is 0 Å². The Hall–Kier alpha value is -3.29. The third-order valence-corrected chi connectivity index (χ3v) is 2.92. The third-order valence-electron chi connectivity index (χ3n) is 2.92. The van der Waals surface area contributed by atoms with Crippen molar-refractivity contribution in [1.82, 2.24) is 4.98 Å². The van der Waals surface area contributed by atoms with Crippen molar-refractivity contribution in [2.75, 3.05) is 10.6 Å². The van der Waals surface area contributed by atoms with E-state index in [1.807, 2.05) is 0 Å². The molecule has 0 radical (unpaired) electrons. The van der Waals surface area contributed by atoms with E-state index in [1.165, 1.54) is 24.3 Å². The van der Waals surface area contributed by atoms with E-state index in [0.717, 1.165) is 0 Å². The van der Waals surface area contributed by atoms with E-state index in [0.29, 0.717) is 12.2 Å². The summed E-state index contributed by atoms with van der Waals surface area (Å²) in [5, 5.41) is 15.7. The van der Waals surface area contributed by atoms with E-state index in [-0.39, 0.29) is 23.0 Å². The SMILES string of the molecule is CCC(=O)Nc1cccc(NC(=O)c2ccc([N+](=O)[O-])cc2)n1. The van der Waals surface area contributed by atoms with Gasteiger partial charge >= 0.3 is 0 Å². The molecule has 1 aromatic heterocycles. The topological polar surface area (TPSA) is 114 Å². The number of amides is 2. The summed E-state index contributed by atoms with van der Waals surface area (Å²) in [4.78, 5) is 37.6. The van der Waals surface area contributed by atoms with Crippen LogP contribution in [0.4, 0.5) is 17.3 Å². The van der Waals surface area contributed by atoms with Crippen molar-refractivity contribution in [1.29, 1.82) is 0 Å². The number of non-ortho nitro benzene ring substituents is 1. The maximum absolute atomic E-state index is 12.1. The summed E-state index contributed by atoms with van der Waals surface area (Å²) in [5.74, 6) is -0.0386. The molecule has 2 amide bonds. The molecule has 0 aliphatic heterocycles. The van der Waals surface area contributed by atoms with Gasteiger partial charge in [-0.05, 0) is 24.3 Å². The van der Waals surface area contributed by atoms with Crippen LogP contribution in [-0.2, 0) is 4.79 Å². The van der Waals surface area contributed by atoms with Gasteiger partial charge in [-0.2, -0.15) is 0 Å². The maximum Gasteiger partial charge on any atom is 0.269 e. The molecule has 0 spiro atoms. The van der Waals surface area contributed by atoms with Crippen LogP contribution in [0.1, 0.15) is 23.7 Å². The van der Waals surface area contributed by atoms with Crippen LogP contribution in [0.2, 0.25) is 0 Å². The van der Waals surface area contributed by atoms with Gasteiger partial charge in [0.05, 0.1) is 4.92 Å². The Labute approximate surface area is 131 Å². The summed E-state index contributed by atoms with van der Waals surface area (Å²) in [6, 6.07) is 10.0. The van der Waals surface area contributed by atoms with Crippen molar-refractivity contribution < 1.29 is 14.5 Å². The fourth-order valence-electron chi connectivity index (χ4n) is 1.73. The lowest BCUT2D eigenvalue weighted by molar-refractivity contribution is -0.384. The quantitative estimate of drug-likeness (QED) is 0.650. The molecule has 2 N–H and O–H groups in total. The normalized spacial score (nSPS) is 9.96. The summed E-state index contributed by atoms with van der Waals surface area (Å²) >= 11 is 0. The Balaban J connectivity index is 2.09. The highest BCUT2D eigenvalue weighted by molar-refractivity contribution is 6.04. The van der Waals surface area contributed by atoms with E-state index in [1.54, 1.807) is 25.1 Å². The average Bonchev–Trinajstić information content (AvgIpc) is 2.55. The number of pyridine rings is 1. The van der Waals surface area contributed by atoms with Gasteiger partial charge in [-0.1, -0.05) is 13.0 Å². The number of rotatable bonds is 5. The van der Waals surface area contributed by atoms with Gasteiger partial charge < -0.3 is 10.6 Å². The second-order valence-corrected chi connectivity index (χ2v) is 4.57. The smallest absolute Gasteiger partial charge is 0.269 e. The highest BCUT2D eigenvalue weighted by atomic mass is 16.6. The van der Waals surface area contributed by atoms with Crippen LogP contribution in [0.3, 0.4) is 0 Å². The number of nitro groups is 1. The van der Waals surface area contributed by atoms with Crippen LogP contribution in [0, 0.1) is 10.1 Å². The number of carbonyl (C=O) groups is 2. The zero-order valence-corrected chi connectivity index (χ0v) is 12.3. The van der Waals surface area contributed by atoms with Crippen molar-refractivity contribution in [3.63, 3.8) is 0 Å². The molecule has 8 heteroatoms. The Morgan fingerprint density at radius 1 is 1.09 bits per heavy atom. The van der Waals surface area contributed by atoms with E-state index >= 15 is 0 Å². The monoisotopic (exact) mass is 314 g/mol. The molecule has 2 aromatic rings. The van der Waals surface area contributed by atoms with Crippen LogP contribution >= 0.6 is 0 Å². The zero-order valence-electron chi connectivity index (χ0n) is 12.3. The summed E-state index contributed by atoms with van der Waals surface area (Å²) < 4.78 is 0. The van der Waals surface area contributed by atoms with Crippen LogP contribution in [-0.4, -0.2) is 21.7 Å². The second kappa shape index (κ2) is 7.12. The molecule has 0 unspecified atom stereocenters. The van der Waals surface area contributed by atoms with Crippen molar-refractivity contribution in [3.8, 4) is 0 Å². The molecule has 0 bridgehead atoms. The minimum absolute atomic E-state index is 0.0936. The molecule has 0 atom stereocenters.